The van der Waals surface area contributed by atoms with Crippen LogP contribution in [0.25, 0.3) is 11.0 Å². The number of aromatic nitrogens is 3. The van der Waals surface area contributed by atoms with Gasteiger partial charge >= 0.3 is 0 Å². The largest absolute Gasteiger partial charge is 0.332 e. The smallest absolute Gasteiger partial charge is 0.0956 e. The van der Waals surface area contributed by atoms with Crippen molar-refractivity contribution >= 4 is 11.0 Å². The summed E-state index contributed by atoms with van der Waals surface area (Å²) in [4.78, 5) is 8.64. The molecule has 3 nitrogen and oxygen atoms in total. The van der Waals surface area contributed by atoms with E-state index in [9.17, 15) is 0 Å². The topological polar surface area (TPSA) is 30.7 Å². The molecule has 0 saturated carbocycles. The summed E-state index contributed by atoms with van der Waals surface area (Å²) in [5, 5.41) is 0. The van der Waals surface area contributed by atoms with Crippen molar-refractivity contribution in [3.05, 3.63) is 50.1 Å². The van der Waals surface area contributed by atoms with E-state index in [4.69, 9.17) is 0 Å². The summed E-state index contributed by atoms with van der Waals surface area (Å²) in [5.41, 5.74) is 4.23. The molecule has 2 aromatic heterocycles. The molecule has 0 atom stereocenters. The second-order valence-corrected chi connectivity index (χ2v) is 3.07. The van der Waals surface area contributed by atoms with Crippen molar-refractivity contribution in [1.29, 1.82) is 0 Å². The van der Waals surface area contributed by atoms with E-state index < -0.39 is 0 Å². The van der Waals surface area contributed by atoms with Crippen LogP contribution in [0.2, 0.25) is 0 Å². The first kappa shape index (κ1) is 14.1. The Kier molecular flexibility index (Phi) is 5.78. The van der Waals surface area contributed by atoms with E-state index >= 15 is 0 Å². The summed E-state index contributed by atoms with van der Waals surface area (Å²) in [6.45, 7) is 16.0. The Morgan fingerprint density at radius 3 is 2.25 bits per heavy atom. The van der Waals surface area contributed by atoms with Gasteiger partial charge in [0, 0.05) is 12.7 Å². The van der Waals surface area contributed by atoms with Crippen LogP contribution in [0.3, 0.4) is 0 Å². The predicted molar refractivity (Wildman–Crippen MR) is 70.5 cm³/mol. The summed E-state index contributed by atoms with van der Waals surface area (Å²) in [7, 11) is 1.99. The maximum Gasteiger partial charge on any atom is 0.0956 e. The molecule has 0 aliphatic carbocycles. The van der Waals surface area contributed by atoms with Crippen molar-refractivity contribution in [3.8, 4) is 0 Å². The quantitative estimate of drug-likeness (QED) is 0.634. The molecule has 2 heterocycles. The molecule has 0 bridgehead atoms. The SMILES string of the molecule is C=C.C=C.Cc1cc2ncn(C)c2c(C)n1. The fraction of sp³-hybridized carbons (Fsp3) is 0.231. The van der Waals surface area contributed by atoms with Gasteiger partial charge in [0.1, 0.15) is 0 Å². The van der Waals surface area contributed by atoms with Gasteiger partial charge in [-0.3, -0.25) is 4.98 Å². The van der Waals surface area contributed by atoms with Crippen molar-refractivity contribution in [3.63, 3.8) is 0 Å². The molecule has 86 valence electrons. The van der Waals surface area contributed by atoms with E-state index in [-0.39, 0.29) is 0 Å². The highest BCUT2D eigenvalue weighted by molar-refractivity contribution is 5.77. The fourth-order valence-electron chi connectivity index (χ4n) is 1.54. The lowest BCUT2D eigenvalue weighted by atomic mass is 10.3. The number of hydrogen-bond acceptors (Lipinski definition) is 2. The Balaban J connectivity index is 0.000000509. The average Bonchev–Trinajstić information content (AvgIpc) is 2.66. The van der Waals surface area contributed by atoms with Gasteiger partial charge < -0.3 is 4.57 Å². The second kappa shape index (κ2) is 6.56. The third kappa shape index (κ3) is 2.79. The zero-order valence-corrected chi connectivity index (χ0v) is 10.3. The predicted octanol–water partition coefficient (Wildman–Crippen LogP) is 3.19. The van der Waals surface area contributed by atoms with E-state index in [0.29, 0.717) is 0 Å². The fourth-order valence-corrected chi connectivity index (χ4v) is 1.54. The Hall–Kier alpha value is -1.90. The zero-order valence-electron chi connectivity index (χ0n) is 10.3. The summed E-state index contributed by atoms with van der Waals surface area (Å²) < 4.78 is 2.00. The van der Waals surface area contributed by atoms with E-state index in [1.165, 1.54) is 0 Å². The van der Waals surface area contributed by atoms with Crippen LogP contribution < -0.4 is 0 Å². The van der Waals surface area contributed by atoms with Crippen LogP contribution in [0.15, 0.2) is 38.7 Å². The number of rotatable bonds is 0. The molecule has 16 heavy (non-hydrogen) atoms. The Labute approximate surface area is 97.2 Å². The maximum absolute atomic E-state index is 4.37. The normalized spacial score (nSPS) is 8.69. The Morgan fingerprint density at radius 1 is 1.12 bits per heavy atom. The van der Waals surface area contributed by atoms with Crippen LogP contribution in [0.5, 0.6) is 0 Å². The first-order valence-corrected chi connectivity index (χ1v) is 4.94. The minimum absolute atomic E-state index is 1.03. The average molecular weight is 217 g/mol. The van der Waals surface area contributed by atoms with Crippen LogP contribution in [-0.2, 0) is 7.05 Å². The lowest BCUT2D eigenvalue weighted by molar-refractivity contribution is 0.936. The van der Waals surface area contributed by atoms with Crippen molar-refractivity contribution in [2.24, 2.45) is 7.05 Å². The van der Waals surface area contributed by atoms with Gasteiger partial charge in [0.2, 0.25) is 0 Å². The van der Waals surface area contributed by atoms with Gasteiger partial charge in [-0.05, 0) is 19.9 Å². The molecule has 0 fully saturated rings. The minimum Gasteiger partial charge on any atom is -0.332 e. The summed E-state index contributed by atoms with van der Waals surface area (Å²) in [6, 6.07) is 2.00. The molecule has 0 unspecified atom stereocenters. The summed E-state index contributed by atoms with van der Waals surface area (Å²) >= 11 is 0. The molecule has 2 aromatic rings. The van der Waals surface area contributed by atoms with E-state index in [2.05, 4.69) is 36.3 Å². The monoisotopic (exact) mass is 217 g/mol. The van der Waals surface area contributed by atoms with Gasteiger partial charge in [0.25, 0.3) is 0 Å². The van der Waals surface area contributed by atoms with Gasteiger partial charge in [0.15, 0.2) is 0 Å². The molecule has 0 amide bonds. The number of aryl methyl sites for hydroxylation is 3. The van der Waals surface area contributed by atoms with Gasteiger partial charge in [0.05, 0.1) is 23.1 Å². The number of pyridine rings is 1. The van der Waals surface area contributed by atoms with Gasteiger partial charge in [-0.2, -0.15) is 0 Å². The van der Waals surface area contributed by atoms with Crippen LogP contribution in [0.4, 0.5) is 0 Å². The summed E-state index contributed by atoms with van der Waals surface area (Å²) in [6.07, 6.45) is 1.82. The molecular weight excluding hydrogens is 198 g/mol. The molecule has 0 radical (unpaired) electrons. The number of fused-ring (bicyclic) bond motifs is 1. The molecule has 0 aliphatic heterocycles. The first-order chi connectivity index (χ1) is 7.68. The second-order valence-electron chi connectivity index (χ2n) is 3.07. The zero-order chi connectivity index (χ0) is 12.7. The molecule has 0 aliphatic rings. The summed E-state index contributed by atoms with van der Waals surface area (Å²) in [5.74, 6) is 0. The van der Waals surface area contributed by atoms with Crippen molar-refractivity contribution < 1.29 is 0 Å². The third-order valence-electron chi connectivity index (χ3n) is 2.00. The van der Waals surface area contributed by atoms with Crippen molar-refractivity contribution in [1.82, 2.24) is 14.5 Å². The van der Waals surface area contributed by atoms with Crippen molar-refractivity contribution in [2.45, 2.75) is 13.8 Å². The standard InChI is InChI=1S/C9H11N3.2C2H4/c1-6-4-8-9(7(2)11-6)12(3)5-10-8;2*1-2/h4-5H,1-3H3;2*1-2H2. The first-order valence-electron chi connectivity index (χ1n) is 4.94. The number of hydrogen-bond donors (Lipinski definition) is 0. The van der Waals surface area contributed by atoms with E-state index in [1.807, 2.05) is 37.9 Å². The molecular formula is C13H19N3. The molecule has 0 aromatic carbocycles. The van der Waals surface area contributed by atoms with Crippen LogP contribution >= 0.6 is 0 Å². The van der Waals surface area contributed by atoms with Crippen molar-refractivity contribution in [2.75, 3.05) is 0 Å². The van der Waals surface area contributed by atoms with Crippen LogP contribution in [0, 0.1) is 13.8 Å². The number of imidazole rings is 1. The molecule has 0 N–H and O–H groups in total. The van der Waals surface area contributed by atoms with E-state index in [0.717, 1.165) is 22.4 Å². The highest BCUT2D eigenvalue weighted by atomic mass is 15.0. The molecule has 3 heteroatoms. The van der Waals surface area contributed by atoms with Gasteiger partial charge in [-0.1, -0.05) is 0 Å². The van der Waals surface area contributed by atoms with E-state index in [1.54, 1.807) is 0 Å². The molecule has 0 saturated heterocycles. The Bertz CT molecular complexity index is 455. The highest BCUT2D eigenvalue weighted by Gasteiger charge is 2.03. The third-order valence-corrected chi connectivity index (χ3v) is 2.00. The minimum atomic E-state index is 1.03. The van der Waals surface area contributed by atoms with Crippen LogP contribution in [-0.4, -0.2) is 14.5 Å². The number of nitrogens with zero attached hydrogens (tertiary/aromatic N) is 3. The molecule has 2 rings (SSSR count). The van der Waals surface area contributed by atoms with Crippen LogP contribution in [0.1, 0.15) is 11.4 Å². The molecule has 0 spiro atoms. The lowest BCUT2D eigenvalue weighted by Gasteiger charge is -1.99. The lowest BCUT2D eigenvalue weighted by Crippen LogP contribution is -1.92. The Morgan fingerprint density at radius 2 is 1.69 bits per heavy atom. The van der Waals surface area contributed by atoms with Gasteiger partial charge in [-0.25, -0.2) is 4.98 Å². The van der Waals surface area contributed by atoms with Gasteiger partial charge in [-0.15, -0.1) is 26.3 Å². The highest BCUT2D eigenvalue weighted by Crippen LogP contribution is 2.15. The maximum atomic E-state index is 4.37.